The standard InChI is InChI=1S/C15H14N2O4/c18-13-12-11(14(19)20)10-1-4-15(12,21-10)8-17(13)7-9-2-5-16-6-3-9/h1-6,10-12H,7-8H2,(H,19,20)/t10-,11-,12+,15+/m0/s1. The third-order valence-corrected chi connectivity index (χ3v) is 4.59. The fraction of sp³-hybridized carbons (Fsp3) is 0.400. The van der Waals surface area contributed by atoms with Crippen molar-refractivity contribution in [1.82, 2.24) is 9.88 Å². The molecule has 4 rings (SSSR count). The van der Waals surface area contributed by atoms with Crippen LogP contribution in [0.5, 0.6) is 0 Å². The van der Waals surface area contributed by atoms with Crippen LogP contribution in [0.25, 0.3) is 0 Å². The van der Waals surface area contributed by atoms with Crippen LogP contribution in [-0.4, -0.2) is 45.1 Å². The molecule has 4 atom stereocenters. The average molecular weight is 286 g/mol. The molecule has 0 aliphatic carbocycles. The number of aliphatic carboxylic acids is 1. The van der Waals surface area contributed by atoms with E-state index in [0.717, 1.165) is 5.56 Å². The van der Waals surface area contributed by atoms with Crippen LogP contribution < -0.4 is 0 Å². The Labute approximate surface area is 121 Å². The highest BCUT2D eigenvalue weighted by atomic mass is 16.5. The minimum Gasteiger partial charge on any atom is -0.481 e. The molecular weight excluding hydrogens is 272 g/mol. The summed E-state index contributed by atoms with van der Waals surface area (Å²) in [5.74, 6) is -2.47. The Morgan fingerprint density at radius 1 is 1.48 bits per heavy atom. The number of carbonyl (C=O) groups excluding carboxylic acids is 1. The Hall–Kier alpha value is -2.21. The van der Waals surface area contributed by atoms with Crippen molar-refractivity contribution >= 4 is 11.9 Å². The van der Waals surface area contributed by atoms with E-state index in [-0.39, 0.29) is 5.91 Å². The molecule has 2 saturated heterocycles. The van der Waals surface area contributed by atoms with Crippen molar-refractivity contribution < 1.29 is 19.4 Å². The molecule has 1 amide bonds. The lowest BCUT2D eigenvalue weighted by Crippen LogP contribution is -2.39. The van der Waals surface area contributed by atoms with Gasteiger partial charge < -0.3 is 14.7 Å². The lowest BCUT2D eigenvalue weighted by Gasteiger charge is -2.21. The first-order valence-corrected chi connectivity index (χ1v) is 6.88. The number of hydrogen-bond acceptors (Lipinski definition) is 4. The second kappa shape index (κ2) is 4.14. The van der Waals surface area contributed by atoms with Crippen LogP contribution >= 0.6 is 0 Å². The van der Waals surface area contributed by atoms with E-state index < -0.39 is 29.5 Å². The van der Waals surface area contributed by atoms with Crippen LogP contribution in [0, 0.1) is 11.8 Å². The molecule has 0 saturated carbocycles. The van der Waals surface area contributed by atoms with Gasteiger partial charge in [-0.2, -0.15) is 0 Å². The number of amides is 1. The number of carbonyl (C=O) groups is 2. The second-order valence-corrected chi connectivity index (χ2v) is 5.79. The molecule has 3 aliphatic rings. The van der Waals surface area contributed by atoms with Gasteiger partial charge in [0.1, 0.15) is 11.5 Å². The van der Waals surface area contributed by atoms with Gasteiger partial charge in [0, 0.05) is 18.9 Å². The number of pyridine rings is 1. The largest absolute Gasteiger partial charge is 0.481 e. The van der Waals surface area contributed by atoms with E-state index in [1.807, 2.05) is 18.2 Å². The average Bonchev–Trinajstić information content (AvgIpc) is 3.09. The summed E-state index contributed by atoms with van der Waals surface area (Å²) in [5, 5.41) is 9.38. The topological polar surface area (TPSA) is 79.7 Å². The van der Waals surface area contributed by atoms with E-state index in [4.69, 9.17) is 4.74 Å². The summed E-state index contributed by atoms with van der Waals surface area (Å²) in [6.07, 6.45) is 6.53. The summed E-state index contributed by atoms with van der Waals surface area (Å²) in [6.45, 7) is 0.864. The predicted octanol–water partition coefficient (Wildman–Crippen LogP) is 0.448. The van der Waals surface area contributed by atoms with E-state index in [9.17, 15) is 14.7 Å². The monoisotopic (exact) mass is 286 g/mol. The zero-order chi connectivity index (χ0) is 14.6. The molecule has 108 valence electrons. The van der Waals surface area contributed by atoms with Crippen molar-refractivity contribution in [2.75, 3.05) is 6.54 Å². The number of hydrogen-bond donors (Lipinski definition) is 1. The zero-order valence-corrected chi connectivity index (χ0v) is 11.2. The molecule has 1 spiro atoms. The van der Waals surface area contributed by atoms with Gasteiger partial charge in [0.25, 0.3) is 0 Å². The van der Waals surface area contributed by atoms with Crippen LogP contribution in [0.15, 0.2) is 36.7 Å². The van der Waals surface area contributed by atoms with E-state index in [1.54, 1.807) is 23.4 Å². The molecule has 0 unspecified atom stereocenters. The van der Waals surface area contributed by atoms with Crippen molar-refractivity contribution in [3.8, 4) is 0 Å². The minimum atomic E-state index is -0.963. The van der Waals surface area contributed by atoms with Gasteiger partial charge in [-0.15, -0.1) is 0 Å². The smallest absolute Gasteiger partial charge is 0.310 e. The van der Waals surface area contributed by atoms with Gasteiger partial charge in [0.2, 0.25) is 5.91 Å². The fourth-order valence-corrected chi connectivity index (χ4v) is 3.70. The number of carboxylic acids is 1. The molecule has 6 heteroatoms. The second-order valence-electron chi connectivity index (χ2n) is 5.79. The van der Waals surface area contributed by atoms with E-state index in [2.05, 4.69) is 4.98 Å². The van der Waals surface area contributed by atoms with Gasteiger partial charge in [-0.05, 0) is 17.7 Å². The number of likely N-dealkylation sites (tertiary alicyclic amines) is 1. The zero-order valence-electron chi connectivity index (χ0n) is 11.2. The minimum absolute atomic E-state index is 0.133. The van der Waals surface area contributed by atoms with Crippen LogP contribution in [0.1, 0.15) is 5.56 Å². The van der Waals surface area contributed by atoms with E-state index >= 15 is 0 Å². The number of aromatic nitrogens is 1. The summed E-state index contributed by atoms with van der Waals surface area (Å²) < 4.78 is 5.83. The first-order valence-electron chi connectivity index (χ1n) is 6.88. The molecule has 1 N–H and O–H groups in total. The first kappa shape index (κ1) is 12.5. The number of fused-ring (bicyclic) bond motifs is 1. The van der Waals surface area contributed by atoms with Gasteiger partial charge >= 0.3 is 5.97 Å². The Morgan fingerprint density at radius 3 is 2.95 bits per heavy atom. The van der Waals surface area contributed by atoms with Crippen molar-refractivity contribution in [1.29, 1.82) is 0 Å². The summed E-state index contributed by atoms with van der Waals surface area (Å²) in [6, 6.07) is 3.70. The molecule has 2 fully saturated rings. The maximum atomic E-state index is 12.6. The van der Waals surface area contributed by atoms with Gasteiger partial charge in [0.05, 0.1) is 18.6 Å². The van der Waals surface area contributed by atoms with Gasteiger partial charge in [0.15, 0.2) is 0 Å². The Morgan fingerprint density at radius 2 is 2.24 bits per heavy atom. The molecule has 0 aromatic carbocycles. The Balaban J connectivity index is 1.63. The molecule has 21 heavy (non-hydrogen) atoms. The summed E-state index contributed by atoms with van der Waals surface area (Å²) in [5.41, 5.74) is 0.220. The summed E-state index contributed by atoms with van der Waals surface area (Å²) in [7, 11) is 0. The highest BCUT2D eigenvalue weighted by Crippen LogP contribution is 2.52. The lowest BCUT2D eigenvalue weighted by molar-refractivity contribution is -0.148. The van der Waals surface area contributed by atoms with Crippen molar-refractivity contribution in [2.45, 2.75) is 18.2 Å². The molecule has 1 aromatic rings. The predicted molar refractivity (Wildman–Crippen MR) is 71.0 cm³/mol. The fourth-order valence-electron chi connectivity index (χ4n) is 3.70. The van der Waals surface area contributed by atoms with E-state index in [1.165, 1.54) is 0 Å². The third-order valence-electron chi connectivity index (χ3n) is 4.59. The number of nitrogens with zero attached hydrogens (tertiary/aromatic N) is 2. The molecule has 0 radical (unpaired) electrons. The highest BCUT2D eigenvalue weighted by molar-refractivity contribution is 5.90. The van der Waals surface area contributed by atoms with Gasteiger partial charge in [-0.25, -0.2) is 0 Å². The molecule has 4 heterocycles. The SMILES string of the molecule is O=C(O)[C@H]1[C@@H]2C=C[C@]3(CN(Cc4ccncc4)C(=O)[C@@H]13)O2. The molecule has 2 bridgehead atoms. The number of carboxylic acid groups (broad SMARTS) is 1. The molecule has 1 aromatic heterocycles. The highest BCUT2D eigenvalue weighted by Gasteiger charge is 2.66. The van der Waals surface area contributed by atoms with E-state index in [0.29, 0.717) is 13.1 Å². The lowest BCUT2D eigenvalue weighted by atomic mass is 9.77. The van der Waals surface area contributed by atoms with Crippen molar-refractivity contribution in [2.24, 2.45) is 11.8 Å². The van der Waals surface area contributed by atoms with Crippen molar-refractivity contribution in [3.63, 3.8) is 0 Å². The van der Waals surface area contributed by atoms with Crippen LogP contribution in [-0.2, 0) is 20.9 Å². The molecular formula is C15H14N2O4. The number of rotatable bonds is 3. The summed E-state index contributed by atoms with van der Waals surface area (Å²) >= 11 is 0. The van der Waals surface area contributed by atoms with Gasteiger partial charge in [-0.3, -0.25) is 14.6 Å². The quantitative estimate of drug-likeness (QED) is 0.816. The molecule has 6 nitrogen and oxygen atoms in total. The normalized spacial score (nSPS) is 36.3. The number of ether oxygens (including phenoxy) is 1. The van der Waals surface area contributed by atoms with Gasteiger partial charge in [-0.1, -0.05) is 12.2 Å². The van der Waals surface area contributed by atoms with Crippen LogP contribution in [0.4, 0.5) is 0 Å². The van der Waals surface area contributed by atoms with Crippen LogP contribution in [0.2, 0.25) is 0 Å². The summed E-state index contributed by atoms with van der Waals surface area (Å²) in [4.78, 5) is 29.7. The first-order chi connectivity index (χ1) is 10.1. The Kier molecular flexibility index (Phi) is 2.47. The molecule has 3 aliphatic heterocycles. The maximum Gasteiger partial charge on any atom is 0.310 e. The van der Waals surface area contributed by atoms with Crippen LogP contribution in [0.3, 0.4) is 0 Å². The maximum absolute atomic E-state index is 12.6. The van der Waals surface area contributed by atoms with Crippen molar-refractivity contribution in [3.05, 3.63) is 42.2 Å². The third kappa shape index (κ3) is 1.65. The Bertz CT molecular complexity index is 644.